The van der Waals surface area contributed by atoms with Gasteiger partial charge in [0.05, 0.1) is 17.4 Å². The number of carbonyl (C=O) groups is 1. The third-order valence-corrected chi connectivity index (χ3v) is 4.45. The molecule has 1 saturated heterocycles. The molecule has 1 atom stereocenters. The van der Waals surface area contributed by atoms with Crippen LogP contribution in [0, 0.1) is 6.92 Å². The fourth-order valence-electron chi connectivity index (χ4n) is 3.27. The minimum absolute atomic E-state index is 0.141. The van der Waals surface area contributed by atoms with E-state index in [1.807, 2.05) is 43.3 Å². The van der Waals surface area contributed by atoms with Crippen LogP contribution < -0.4 is 5.56 Å². The molecule has 0 bridgehead atoms. The van der Waals surface area contributed by atoms with Gasteiger partial charge in [0.2, 0.25) is 0 Å². The molecule has 0 radical (unpaired) electrons. The number of nitrogens with one attached hydrogen (secondary N) is 1. The number of nitrogens with zero attached hydrogens (tertiary/aromatic N) is 3. The second-order valence-electron chi connectivity index (χ2n) is 6.21. The number of aromatic nitrogens is 3. The van der Waals surface area contributed by atoms with E-state index in [9.17, 15) is 9.59 Å². The predicted molar refractivity (Wildman–Crippen MR) is 90.6 cm³/mol. The smallest absolute Gasteiger partial charge is 0.272 e. The van der Waals surface area contributed by atoms with Crippen LogP contribution in [0.1, 0.15) is 40.8 Å². The van der Waals surface area contributed by atoms with Crippen molar-refractivity contribution < 1.29 is 9.32 Å². The number of aryl methyl sites for hydroxylation is 1. The van der Waals surface area contributed by atoms with E-state index in [4.69, 9.17) is 4.52 Å². The molecule has 0 unspecified atom stereocenters. The van der Waals surface area contributed by atoms with Crippen molar-refractivity contribution in [2.45, 2.75) is 25.8 Å². The first-order valence-electron chi connectivity index (χ1n) is 8.25. The molecule has 4 rings (SSSR count). The third-order valence-electron chi connectivity index (χ3n) is 4.45. The Morgan fingerprint density at radius 3 is 2.80 bits per heavy atom. The Labute approximate surface area is 143 Å². The Morgan fingerprint density at radius 1 is 1.28 bits per heavy atom. The Kier molecular flexibility index (Phi) is 3.76. The number of likely N-dealkylation sites (tertiary alicyclic amines) is 1. The van der Waals surface area contributed by atoms with E-state index < -0.39 is 0 Å². The molecule has 128 valence electrons. The van der Waals surface area contributed by atoms with Gasteiger partial charge < -0.3 is 9.42 Å². The molecular formula is C18H18N4O3. The molecule has 1 aliphatic heterocycles. The lowest BCUT2D eigenvalue weighted by atomic mass is 10.1. The molecule has 1 amide bonds. The lowest BCUT2D eigenvalue weighted by molar-refractivity contribution is 0.0708. The van der Waals surface area contributed by atoms with Gasteiger partial charge in [0.1, 0.15) is 5.69 Å². The number of hydrogen-bond donors (Lipinski definition) is 1. The second-order valence-corrected chi connectivity index (χ2v) is 6.21. The van der Waals surface area contributed by atoms with Crippen LogP contribution in [0.15, 0.2) is 51.8 Å². The summed E-state index contributed by atoms with van der Waals surface area (Å²) in [4.78, 5) is 26.9. The van der Waals surface area contributed by atoms with Crippen molar-refractivity contribution in [3.8, 4) is 5.69 Å². The van der Waals surface area contributed by atoms with Crippen molar-refractivity contribution in [3.05, 3.63) is 70.0 Å². The van der Waals surface area contributed by atoms with Gasteiger partial charge in [-0.3, -0.25) is 14.7 Å². The van der Waals surface area contributed by atoms with Crippen LogP contribution in [0.4, 0.5) is 0 Å². The number of amides is 1. The molecule has 1 aromatic carbocycles. The van der Waals surface area contributed by atoms with Crippen molar-refractivity contribution in [1.82, 2.24) is 19.8 Å². The molecule has 1 N–H and O–H groups in total. The highest BCUT2D eigenvalue weighted by Crippen LogP contribution is 2.33. The van der Waals surface area contributed by atoms with Gasteiger partial charge in [0, 0.05) is 18.7 Å². The first kappa shape index (κ1) is 15.4. The van der Waals surface area contributed by atoms with Crippen LogP contribution in [0.5, 0.6) is 0 Å². The standard InChI is InChI=1S/C18H18N4O3/c1-12-10-16(25-20-12)15-8-5-9-21(15)18(24)14-11-17(23)22(19-14)13-6-3-2-4-7-13/h2-4,6-7,10-11,15,19H,5,8-9H2,1H3/t15-/m0/s1. The molecule has 7 heteroatoms. The molecule has 25 heavy (non-hydrogen) atoms. The molecule has 3 aromatic rings. The molecule has 2 aromatic heterocycles. The number of hydrogen-bond acceptors (Lipinski definition) is 4. The van der Waals surface area contributed by atoms with Gasteiger partial charge >= 0.3 is 0 Å². The van der Waals surface area contributed by atoms with Crippen LogP contribution in [-0.4, -0.2) is 32.3 Å². The number of carbonyl (C=O) groups excluding carboxylic acids is 1. The van der Waals surface area contributed by atoms with Gasteiger partial charge in [-0.15, -0.1) is 0 Å². The summed E-state index contributed by atoms with van der Waals surface area (Å²) >= 11 is 0. The fourth-order valence-corrected chi connectivity index (χ4v) is 3.27. The third kappa shape index (κ3) is 2.77. The van der Waals surface area contributed by atoms with Gasteiger partial charge in [-0.2, -0.15) is 0 Å². The van der Waals surface area contributed by atoms with Crippen LogP contribution in [0.3, 0.4) is 0 Å². The van der Waals surface area contributed by atoms with E-state index in [2.05, 4.69) is 10.3 Å². The Bertz CT molecular complexity index is 954. The second kappa shape index (κ2) is 6.08. The average molecular weight is 338 g/mol. The molecule has 0 aliphatic carbocycles. The maximum atomic E-state index is 12.9. The summed E-state index contributed by atoms with van der Waals surface area (Å²) in [7, 11) is 0. The van der Waals surface area contributed by atoms with E-state index in [-0.39, 0.29) is 23.2 Å². The molecular weight excluding hydrogens is 320 g/mol. The molecule has 1 fully saturated rings. The van der Waals surface area contributed by atoms with Crippen molar-refractivity contribution in [2.24, 2.45) is 0 Å². The first-order chi connectivity index (χ1) is 12.1. The minimum Gasteiger partial charge on any atom is -0.359 e. The highest BCUT2D eigenvalue weighted by atomic mass is 16.5. The van der Waals surface area contributed by atoms with Gasteiger partial charge in [0.25, 0.3) is 11.5 Å². The minimum atomic E-state index is -0.263. The SMILES string of the molecule is Cc1cc([C@@H]2CCCN2C(=O)c2cc(=O)n(-c3ccccc3)[nH]2)on1. The molecule has 0 spiro atoms. The summed E-state index contributed by atoms with van der Waals surface area (Å²) in [6, 6.07) is 12.2. The Hall–Kier alpha value is -3.09. The number of para-hydroxylation sites is 1. The lowest BCUT2D eigenvalue weighted by Crippen LogP contribution is -2.30. The first-order valence-corrected chi connectivity index (χ1v) is 8.25. The van der Waals surface area contributed by atoms with E-state index in [1.54, 1.807) is 4.90 Å². The van der Waals surface area contributed by atoms with Crippen molar-refractivity contribution in [3.63, 3.8) is 0 Å². The summed E-state index contributed by atoms with van der Waals surface area (Å²) in [6.45, 7) is 2.48. The monoisotopic (exact) mass is 338 g/mol. The summed E-state index contributed by atoms with van der Waals surface area (Å²) in [5.41, 5.74) is 1.49. The normalized spacial score (nSPS) is 17.2. The average Bonchev–Trinajstić information content (AvgIpc) is 3.34. The molecule has 0 saturated carbocycles. The summed E-state index contributed by atoms with van der Waals surface area (Å²) in [5, 5.41) is 6.83. The topological polar surface area (TPSA) is 84.1 Å². The van der Waals surface area contributed by atoms with Gasteiger partial charge in [-0.1, -0.05) is 23.4 Å². The fraction of sp³-hybridized carbons (Fsp3) is 0.278. The van der Waals surface area contributed by atoms with E-state index in [0.29, 0.717) is 18.0 Å². The molecule has 7 nitrogen and oxygen atoms in total. The van der Waals surface area contributed by atoms with E-state index in [1.165, 1.54) is 10.7 Å². The number of aromatic amines is 1. The maximum Gasteiger partial charge on any atom is 0.272 e. The number of benzene rings is 1. The lowest BCUT2D eigenvalue weighted by Gasteiger charge is -2.21. The molecule has 3 heterocycles. The Morgan fingerprint density at radius 2 is 2.08 bits per heavy atom. The van der Waals surface area contributed by atoms with Crippen LogP contribution >= 0.6 is 0 Å². The largest absolute Gasteiger partial charge is 0.359 e. The van der Waals surface area contributed by atoms with Crippen LogP contribution in [0.2, 0.25) is 0 Å². The quantitative estimate of drug-likeness (QED) is 0.795. The zero-order valence-electron chi connectivity index (χ0n) is 13.8. The van der Waals surface area contributed by atoms with Gasteiger partial charge in [-0.05, 0) is 31.9 Å². The van der Waals surface area contributed by atoms with Gasteiger partial charge in [-0.25, -0.2) is 4.68 Å². The number of H-pyrrole nitrogens is 1. The van der Waals surface area contributed by atoms with Crippen LogP contribution in [-0.2, 0) is 0 Å². The predicted octanol–water partition coefficient (Wildman–Crippen LogP) is 2.44. The zero-order valence-corrected chi connectivity index (χ0v) is 13.8. The number of rotatable bonds is 3. The highest BCUT2D eigenvalue weighted by molar-refractivity contribution is 5.92. The highest BCUT2D eigenvalue weighted by Gasteiger charge is 2.34. The zero-order chi connectivity index (χ0) is 17.4. The van der Waals surface area contributed by atoms with Crippen molar-refractivity contribution >= 4 is 5.91 Å². The van der Waals surface area contributed by atoms with Crippen molar-refractivity contribution in [1.29, 1.82) is 0 Å². The Balaban J connectivity index is 1.64. The summed E-state index contributed by atoms with van der Waals surface area (Å²) in [5.74, 6) is 0.483. The van der Waals surface area contributed by atoms with Crippen molar-refractivity contribution in [2.75, 3.05) is 6.54 Å². The summed E-state index contributed by atoms with van der Waals surface area (Å²) < 4.78 is 6.71. The summed E-state index contributed by atoms with van der Waals surface area (Å²) in [6.07, 6.45) is 1.71. The van der Waals surface area contributed by atoms with E-state index >= 15 is 0 Å². The maximum absolute atomic E-state index is 12.9. The van der Waals surface area contributed by atoms with Crippen LogP contribution in [0.25, 0.3) is 5.69 Å². The van der Waals surface area contributed by atoms with E-state index in [0.717, 1.165) is 18.5 Å². The molecule has 1 aliphatic rings. The van der Waals surface area contributed by atoms with Gasteiger partial charge in [0.15, 0.2) is 5.76 Å².